The number of nitrogens with one attached hydrogen (secondary N) is 1. The number of hydrogen-bond donors (Lipinski definition) is 2. The van der Waals surface area contributed by atoms with E-state index in [1.54, 1.807) is 0 Å². The fourth-order valence-corrected chi connectivity index (χ4v) is 1.25. The van der Waals surface area contributed by atoms with Crippen molar-refractivity contribution in [2.24, 2.45) is 5.73 Å². The van der Waals surface area contributed by atoms with Crippen molar-refractivity contribution in [2.45, 2.75) is 13.3 Å². The van der Waals surface area contributed by atoms with E-state index < -0.39 is 0 Å². The first-order valence-corrected chi connectivity index (χ1v) is 5.37. The van der Waals surface area contributed by atoms with Crippen LogP contribution < -0.4 is 11.1 Å². The molecule has 88 valence electrons. The lowest BCUT2D eigenvalue weighted by molar-refractivity contribution is -0.120. The van der Waals surface area contributed by atoms with Gasteiger partial charge in [0.05, 0.1) is 0 Å². The third-order valence-corrected chi connectivity index (χ3v) is 2.15. The lowest BCUT2D eigenvalue weighted by Crippen LogP contribution is -2.19. The van der Waals surface area contributed by atoms with Crippen molar-refractivity contribution in [3.05, 3.63) is 29.8 Å². The first kappa shape index (κ1) is 12.7. The summed E-state index contributed by atoms with van der Waals surface area (Å²) in [4.78, 5) is 11.5. The standard InChI is InChI=1S/C12H18N2O2/c1-10-5-2-3-6-11(10)14-12(15)9-16-8-4-7-13/h2-3,5-6H,4,7-9,13H2,1H3,(H,14,15). The molecule has 0 aliphatic heterocycles. The molecule has 3 N–H and O–H groups in total. The van der Waals surface area contributed by atoms with E-state index in [2.05, 4.69) is 5.32 Å². The predicted molar refractivity (Wildman–Crippen MR) is 64.3 cm³/mol. The van der Waals surface area contributed by atoms with E-state index in [0.717, 1.165) is 17.7 Å². The molecule has 1 amide bonds. The van der Waals surface area contributed by atoms with Gasteiger partial charge in [-0.3, -0.25) is 4.79 Å². The predicted octanol–water partition coefficient (Wildman–Crippen LogP) is 1.30. The van der Waals surface area contributed by atoms with Gasteiger partial charge in [-0.05, 0) is 31.5 Å². The number of anilines is 1. The molecule has 0 aliphatic rings. The van der Waals surface area contributed by atoms with Crippen molar-refractivity contribution in [3.8, 4) is 0 Å². The molecule has 1 aromatic rings. The molecule has 0 unspecified atom stereocenters. The molecular weight excluding hydrogens is 204 g/mol. The number of rotatable bonds is 6. The average Bonchev–Trinajstić information content (AvgIpc) is 2.28. The minimum atomic E-state index is -0.133. The first-order valence-electron chi connectivity index (χ1n) is 5.37. The Morgan fingerprint density at radius 2 is 2.19 bits per heavy atom. The van der Waals surface area contributed by atoms with E-state index >= 15 is 0 Å². The molecule has 0 spiro atoms. The Morgan fingerprint density at radius 3 is 2.88 bits per heavy atom. The van der Waals surface area contributed by atoms with Gasteiger partial charge in [-0.1, -0.05) is 18.2 Å². The average molecular weight is 222 g/mol. The normalized spacial score (nSPS) is 10.1. The summed E-state index contributed by atoms with van der Waals surface area (Å²) in [5.74, 6) is -0.133. The molecule has 0 atom stereocenters. The number of hydrogen-bond acceptors (Lipinski definition) is 3. The van der Waals surface area contributed by atoms with Crippen molar-refractivity contribution in [3.63, 3.8) is 0 Å². The molecule has 1 aromatic carbocycles. The highest BCUT2D eigenvalue weighted by atomic mass is 16.5. The van der Waals surface area contributed by atoms with Crippen LogP contribution in [0.25, 0.3) is 0 Å². The third-order valence-electron chi connectivity index (χ3n) is 2.15. The largest absolute Gasteiger partial charge is 0.372 e. The number of nitrogens with two attached hydrogens (primary N) is 1. The van der Waals surface area contributed by atoms with Crippen LogP contribution in [-0.4, -0.2) is 25.7 Å². The van der Waals surface area contributed by atoms with Crippen LogP contribution in [0.3, 0.4) is 0 Å². The van der Waals surface area contributed by atoms with Crippen molar-refractivity contribution < 1.29 is 9.53 Å². The quantitative estimate of drug-likeness (QED) is 0.713. The number of carbonyl (C=O) groups is 1. The van der Waals surface area contributed by atoms with Crippen molar-refractivity contribution >= 4 is 11.6 Å². The van der Waals surface area contributed by atoms with Gasteiger partial charge in [0.25, 0.3) is 0 Å². The van der Waals surface area contributed by atoms with Crippen LogP contribution in [-0.2, 0) is 9.53 Å². The maximum atomic E-state index is 11.5. The summed E-state index contributed by atoms with van der Waals surface area (Å²) in [5, 5.41) is 2.79. The van der Waals surface area contributed by atoms with Crippen molar-refractivity contribution in [2.75, 3.05) is 25.1 Å². The summed E-state index contributed by atoms with van der Waals surface area (Å²) in [6.07, 6.45) is 0.775. The van der Waals surface area contributed by atoms with E-state index in [0.29, 0.717) is 13.2 Å². The minimum absolute atomic E-state index is 0.0777. The molecule has 0 heterocycles. The van der Waals surface area contributed by atoms with E-state index in [1.165, 1.54) is 0 Å². The van der Waals surface area contributed by atoms with Crippen molar-refractivity contribution in [1.82, 2.24) is 0 Å². The van der Waals surface area contributed by atoms with Gasteiger partial charge in [0, 0.05) is 12.3 Å². The molecule has 4 nitrogen and oxygen atoms in total. The minimum Gasteiger partial charge on any atom is -0.372 e. The summed E-state index contributed by atoms with van der Waals surface area (Å²) in [5.41, 5.74) is 7.18. The molecule has 0 bridgehead atoms. The highest BCUT2D eigenvalue weighted by molar-refractivity contribution is 5.92. The summed E-state index contributed by atoms with van der Waals surface area (Å²) in [7, 11) is 0. The maximum Gasteiger partial charge on any atom is 0.250 e. The SMILES string of the molecule is Cc1ccccc1NC(=O)COCCCN. The van der Waals surface area contributed by atoms with Crippen LogP contribution in [0.4, 0.5) is 5.69 Å². The van der Waals surface area contributed by atoms with E-state index in [-0.39, 0.29) is 12.5 Å². The molecule has 0 aliphatic carbocycles. The van der Waals surface area contributed by atoms with Gasteiger partial charge in [-0.15, -0.1) is 0 Å². The highest BCUT2D eigenvalue weighted by Crippen LogP contribution is 2.12. The topological polar surface area (TPSA) is 64.3 Å². The van der Waals surface area contributed by atoms with Crippen LogP contribution >= 0.6 is 0 Å². The van der Waals surface area contributed by atoms with Gasteiger partial charge < -0.3 is 15.8 Å². The lowest BCUT2D eigenvalue weighted by Gasteiger charge is -2.08. The number of ether oxygens (including phenoxy) is 1. The number of amides is 1. The Bertz CT molecular complexity index is 340. The number of carbonyl (C=O) groups excluding carboxylic acids is 1. The van der Waals surface area contributed by atoms with Gasteiger partial charge in [-0.25, -0.2) is 0 Å². The molecule has 0 saturated carbocycles. The Hall–Kier alpha value is -1.39. The molecular formula is C12H18N2O2. The summed E-state index contributed by atoms with van der Waals surface area (Å²) in [6.45, 7) is 3.14. The van der Waals surface area contributed by atoms with Gasteiger partial charge in [-0.2, -0.15) is 0 Å². The second-order valence-electron chi connectivity index (χ2n) is 3.56. The first-order chi connectivity index (χ1) is 7.74. The number of benzene rings is 1. The molecule has 0 radical (unpaired) electrons. The fraction of sp³-hybridized carbons (Fsp3) is 0.417. The molecule has 1 rings (SSSR count). The Morgan fingerprint density at radius 1 is 1.44 bits per heavy atom. The van der Waals surface area contributed by atoms with Crippen LogP contribution in [0.2, 0.25) is 0 Å². The van der Waals surface area contributed by atoms with Crippen molar-refractivity contribution in [1.29, 1.82) is 0 Å². The van der Waals surface area contributed by atoms with Crippen LogP contribution in [0.1, 0.15) is 12.0 Å². The zero-order valence-electron chi connectivity index (χ0n) is 9.53. The van der Waals surface area contributed by atoms with Gasteiger partial charge in [0.1, 0.15) is 6.61 Å². The molecule has 0 fully saturated rings. The van der Waals surface area contributed by atoms with Crippen LogP contribution in [0.5, 0.6) is 0 Å². The Balaban J connectivity index is 2.32. The number of para-hydroxylation sites is 1. The van der Waals surface area contributed by atoms with E-state index in [1.807, 2.05) is 31.2 Å². The van der Waals surface area contributed by atoms with Gasteiger partial charge in [0.2, 0.25) is 5.91 Å². The molecule has 4 heteroatoms. The second-order valence-corrected chi connectivity index (χ2v) is 3.56. The second kappa shape index (κ2) is 6.98. The smallest absolute Gasteiger partial charge is 0.250 e. The monoisotopic (exact) mass is 222 g/mol. The molecule has 0 aromatic heterocycles. The van der Waals surface area contributed by atoms with E-state index in [4.69, 9.17) is 10.5 Å². The Kier molecular flexibility index (Phi) is 5.53. The van der Waals surface area contributed by atoms with E-state index in [9.17, 15) is 4.79 Å². The summed E-state index contributed by atoms with van der Waals surface area (Å²) in [6, 6.07) is 7.64. The number of aryl methyl sites for hydroxylation is 1. The Labute approximate surface area is 95.8 Å². The molecule has 16 heavy (non-hydrogen) atoms. The molecule has 0 saturated heterocycles. The van der Waals surface area contributed by atoms with Crippen LogP contribution in [0.15, 0.2) is 24.3 Å². The highest BCUT2D eigenvalue weighted by Gasteiger charge is 2.03. The zero-order chi connectivity index (χ0) is 11.8. The fourth-order valence-electron chi connectivity index (χ4n) is 1.25. The van der Waals surface area contributed by atoms with Gasteiger partial charge in [0.15, 0.2) is 0 Å². The van der Waals surface area contributed by atoms with Gasteiger partial charge >= 0.3 is 0 Å². The lowest BCUT2D eigenvalue weighted by atomic mass is 10.2. The summed E-state index contributed by atoms with van der Waals surface area (Å²) < 4.78 is 5.16. The maximum absolute atomic E-state index is 11.5. The third kappa shape index (κ3) is 4.42. The summed E-state index contributed by atoms with van der Waals surface area (Å²) >= 11 is 0. The van der Waals surface area contributed by atoms with Crippen LogP contribution in [0, 0.1) is 6.92 Å². The zero-order valence-corrected chi connectivity index (χ0v) is 9.53.